The molecule has 134 valence electrons. The molecule has 1 N–H and O–H groups in total. The van der Waals surface area contributed by atoms with Gasteiger partial charge in [0.05, 0.1) is 11.9 Å². The van der Waals surface area contributed by atoms with Gasteiger partial charge in [0.25, 0.3) is 0 Å². The van der Waals surface area contributed by atoms with Crippen LogP contribution in [-0.4, -0.2) is 29.5 Å². The fraction of sp³-hybridized carbons (Fsp3) is 0.294. The topological polar surface area (TPSA) is 71.8 Å². The zero-order valence-corrected chi connectivity index (χ0v) is 14.0. The summed E-state index contributed by atoms with van der Waals surface area (Å²) in [6, 6.07) is 4.80. The molecule has 0 aliphatic carbocycles. The Morgan fingerprint density at radius 2 is 1.88 bits per heavy atom. The van der Waals surface area contributed by atoms with Crippen LogP contribution >= 0.6 is 0 Å². The van der Waals surface area contributed by atoms with Crippen LogP contribution in [0.1, 0.15) is 37.6 Å². The third-order valence-electron chi connectivity index (χ3n) is 4.41. The maximum Gasteiger partial charge on any atom is 0.416 e. The summed E-state index contributed by atoms with van der Waals surface area (Å²) in [6.45, 7) is 4.07. The second-order valence-corrected chi connectivity index (χ2v) is 6.13. The molecular weight excluding hydrogens is 345 g/mol. The molecule has 0 saturated carbocycles. The lowest BCUT2D eigenvalue weighted by atomic mass is 10.1. The van der Waals surface area contributed by atoms with Gasteiger partial charge in [-0.1, -0.05) is 26.0 Å². The number of nitrogens with zero attached hydrogens (tertiary/aromatic N) is 5. The molecule has 1 aromatic carbocycles. The highest BCUT2D eigenvalue weighted by molar-refractivity contribution is 5.85. The second kappa shape index (κ2) is 5.79. The zero-order valence-electron chi connectivity index (χ0n) is 14.0. The first-order valence-corrected chi connectivity index (χ1v) is 8.16. The maximum atomic E-state index is 12.8. The lowest BCUT2D eigenvalue weighted by molar-refractivity contribution is -0.137. The Morgan fingerprint density at radius 3 is 2.54 bits per heavy atom. The fourth-order valence-corrected chi connectivity index (χ4v) is 2.76. The van der Waals surface area contributed by atoms with E-state index in [0.717, 1.165) is 18.6 Å². The molecule has 6 nitrogen and oxygen atoms in total. The minimum Gasteiger partial charge on any atom is -0.340 e. The number of alkyl halides is 3. The van der Waals surface area contributed by atoms with Crippen LogP contribution in [0.5, 0.6) is 0 Å². The van der Waals surface area contributed by atoms with E-state index in [4.69, 9.17) is 0 Å². The molecule has 1 atom stereocenters. The predicted molar refractivity (Wildman–Crippen MR) is 89.6 cm³/mol. The van der Waals surface area contributed by atoms with Crippen molar-refractivity contribution < 1.29 is 13.2 Å². The molecule has 0 bridgehead atoms. The Hall–Kier alpha value is -2.97. The summed E-state index contributed by atoms with van der Waals surface area (Å²) in [6.07, 6.45) is -1.99. The van der Waals surface area contributed by atoms with Crippen molar-refractivity contribution in [2.45, 2.75) is 32.4 Å². The van der Waals surface area contributed by atoms with Gasteiger partial charge in [0.15, 0.2) is 17.1 Å². The minimum absolute atomic E-state index is 0.126. The largest absolute Gasteiger partial charge is 0.416 e. The molecule has 0 spiro atoms. The highest BCUT2D eigenvalue weighted by Crippen LogP contribution is 2.31. The van der Waals surface area contributed by atoms with E-state index in [1.165, 1.54) is 18.5 Å². The van der Waals surface area contributed by atoms with Crippen molar-refractivity contribution in [2.75, 3.05) is 0 Å². The number of aromatic nitrogens is 6. The molecule has 0 radical (unpaired) electrons. The van der Waals surface area contributed by atoms with Crippen LogP contribution in [0.2, 0.25) is 0 Å². The van der Waals surface area contributed by atoms with Gasteiger partial charge in [-0.2, -0.15) is 17.7 Å². The summed E-state index contributed by atoms with van der Waals surface area (Å²) >= 11 is 0. The van der Waals surface area contributed by atoms with Gasteiger partial charge < -0.3 is 4.98 Å². The molecular formula is C17H15F3N6. The summed E-state index contributed by atoms with van der Waals surface area (Å²) in [7, 11) is 0. The van der Waals surface area contributed by atoms with Gasteiger partial charge in [0.1, 0.15) is 11.3 Å². The van der Waals surface area contributed by atoms with E-state index in [1.807, 2.05) is 13.8 Å². The quantitative estimate of drug-likeness (QED) is 0.594. The summed E-state index contributed by atoms with van der Waals surface area (Å²) in [5, 5.41) is 4.49. The summed E-state index contributed by atoms with van der Waals surface area (Å²) < 4.78 is 39.9. The van der Waals surface area contributed by atoms with E-state index in [0.29, 0.717) is 34.0 Å². The van der Waals surface area contributed by atoms with E-state index in [2.05, 4.69) is 25.0 Å². The fourth-order valence-electron chi connectivity index (χ4n) is 2.76. The molecule has 0 aliphatic heterocycles. The molecule has 0 amide bonds. The first kappa shape index (κ1) is 16.5. The minimum atomic E-state index is -4.37. The van der Waals surface area contributed by atoms with Crippen molar-refractivity contribution in [3.05, 3.63) is 42.0 Å². The highest BCUT2D eigenvalue weighted by Gasteiger charge is 2.30. The van der Waals surface area contributed by atoms with E-state index in [9.17, 15) is 13.2 Å². The number of fused-ring (bicyclic) bond motifs is 3. The van der Waals surface area contributed by atoms with Gasteiger partial charge in [0.2, 0.25) is 0 Å². The number of halogens is 3. The predicted octanol–water partition coefficient (Wildman–Crippen LogP) is 4.20. The lowest BCUT2D eigenvalue weighted by Gasteiger charge is -2.09. The molecule has 9 heteroatoms. The van der Waals surface area contributed by atoms with Gasteiger partial charge in [-0.05, 0) is 18.6 Å². The summed E-state index contributed by atoms with van der Waals surface area (Å²) in [5.74, 6) is 1.18. The summed E-state index contributed by atoms with van der Waals surface area (Å²) in [4.78, 5) is 16.3. The van der Waals surface area contributed by atoms with Crippen LogP contribution in [0, 0.1) is 0 Å². The molecule has 3 aromatic heterocycles. The number of hydrogen-bond acceptors (Lipinski definition) is 4. The van der Waals surface area contributed by atoms with Crippen molar-refractivity contribution in [1.82, 2.24) is 29.5 Å². The first-order chi connectivity index (χ1) is 12.4. The maximum absolute atomic E-state index is 12.8. The van der Waals surface area contributed by atoms with Crippen molar-refractivity contribution in [3.63, 3.8) is 0 Å². The van der Waals surface area contributed by atoms with E-state index in [-0.39, 0.29) is 5.92 Å². The van der Waals surface area contributed by atoms with Crippen LogP contribution in [0.3, 0.4) is 0 Å². The highest BCUT2D eigenvalue weighted by atomic mass is 19.4. The average molecular weight is 360 g/mol. The normalized spacial score (nSPS) is 13.6. The Bertz CT molecular complexity index is 1080. The van der Waals surface area contributed by atoms with E-state index in [1.54, 1.807) is 4.52 Å². The molecule has 0 saturated heterocycles. The van der Waals surface area contributed by atoms with Crippen molar-refractivity contribution in [1.29, 1.82) is 0 Å². The molecule has 4 rings (SSSR count). The average Bonchev–Trinajstić information content (AvgIpc) is 3.25. The Morgan fingerprint density at radius 1 is 1.15 bits per heavy atom. The number of nitrogens with one attached hydrogen (secondary N) is 1. The number of rotatable bonds is 3. The van der Waals surface area contributed by atoms with Gasteiger partial charge >= 0.3 is 6.18 Å². The van der Waals surface area contributed by atoms with Crippen LogP contribution < -0.4 is 0 Å². The van der Waals surface area contributed by atoms with Crippen molar-refractivity contribution >= 4 is 16.8 Å². The SMILES string of the molecule is CCC(C)c1nc2nc[nH]c2c2nc(-c3ccc(C(F)(F)F)cc3)nn12. The monoisotopic (exact) mass is 360 g/mol. The second-order valence-electron chi connectivity index (χ2n) is 6.13. The number of imidazole rings is 1. The number of aromatic amines is 1. The smallest absolute Gasteiger partial charge is 0.340 e. The van der Waals surface area contributed by atoms with Crippen LogP contribution in [0.25, 0.3) is 28.2 Å². The van der Waals surface area contributed by atoms with Gasteiger partial charge in [-0.25, -0.2) is 15.0 Å². The Balaban J connectivity index is 1.89. The number of hydrogen-bond donors (Lipinski definition) is 1. The third-order valence-corrected chi connectivity index (χ3v) is 4.41. The number of benzene rings is 1. The van der Waals surface area contributed by atoms with Crippen LogP contribution in [-0.2, 0) is 6.18 Å². The standard InChI is InChI=1S/C17H15F3N6/c1-3-9(2)15-24-14-12(21-8-22-14)16-23-13(25-26(15)16)10-4-6-11(7-5-10)17(18,19)20/h4-9H,3H2,1-2H3,(H,21,22). The van der Waals surface area contributed by atoms with Gasteiger partial charge in [-0.15, -0.1) is 5.10 Å². The molecule has 26 heavy (non-hydrogen) atoms. The Kier molecular flexibility index (Phi) is 3.67. The molecule has 1 unspecified atom stereocenters. The van der Waals surface area contributed by atoms with Crippen molar-refractivity contribution in [2.24, 2.45) is 0 Å². The van der Waals surface area contributed by atoms with Crippen LogP contribution in [0.4, 0.5) is 13.2 Å². The molecule has 0 fully saturated rings. The van der Waals surface area contributed by atoms with Gasteiger partial charge in [0, 0.05) is 11.5 Å². The van der Waals surface area contributed by atoms with Crippen molar-refractivity contribution in [3.8, 4) is 11.4 Å². The van der Waals surface area contributed by atoms with E-state index < -0.39 is 11.7 Å². The first-order valence-electron chi connectivity index (χ1n) is 8.16. The molecule has 3 heterocycles. The third kappa shape index (κ3) is 2.59. The zero-order chi connectivity index (χ0) is 18.5. The lowest BCUT2D eigenvalue weighted by Crippen LogP contribution is -2.07. The Labute approximate surface area is 146 Å². The van der Waals surface area contributed by atoms with E-state index >= 15 is 0 Å². The van der Waals surface area contributed by atoms with Gasteiger partial charge in [-0.3, -0.25) is 0 Å². The molecule has 0 aliphatic rings. The van der Waals surface area contributed by atoms with Crippen LogP contribution in [0.15, 0.2) is 30.6 Å². The summed E-state index contributed by atoms with van der Waals surface area (Å²) in [5.41, 5.74) is 1.53. The molecule has 4 aromatic rings. The number of H-pyrrole nitrogens is 1.